The lowest BCUT2D eigenvalue weighted by Crippen LogP contribution is -2.64. The van der Waals surface area contributed by atoms with E-state index in [9.17, 15) is 4.79 Å². The van der Waals surface area contributed by atoms with Crippen molar-refractivity contribution in [1.29, 1.82) is 10.7 Å². The van der Waals surface area contributed by atoms with E-state index >= 15 is 0 Å². The van der Waals surface area contributed by atoms with Gasteiger partial charge in [-0.25, -0.2) is 0 Å². The third-order valence-corrected chi connectivity index (χ3v) is 7.61. The van der Waals surface area contributed by atoms with E-state index in [4.69, 9.17) is 10.7 Å². The largest absolute Gasteiger partial charge is 0.345 e. The fourth-order valence-corrected chi connectivity index (χ4v) is 5.61. The predicted molar refractivity (Wildman–Crippen MR) is 99.5 cm³/mol. The van der Waals surface area contributed by atoms with Gasteiger partial charge in [0, 0.05) is 21.7 Å². The summed E-state index contributed by atoms with van der Waals surface area (Å²) < 4.78 is 0. The quantitative estimate of drug-likeness (QED) is 0.866. The Morgan fingerprint density at radius 3 is 2.60 bits per heavy atom. The van der Waals surface area contributed by atoms with E-state index in [1.807, 2.05) is 19.1 Å². The summed E-state index contributed by atoms with van der Waals surface area (Å²) in [7, 11) is 1.67. The molecule has 1 aliphatic heterocycles. The summed E-state index contributed by atoms with van der Waals surface area (Å²) in [6.45, 7) is 2.04. The SMILES string of the molecule is CN1C(=N)N[C@](C)(c2ccc(-c3ccc(C#N)s3)s2)[C@@H](C2CC2)C1=O. The molecule has 0 spiro atoms. The van der Waals surface area contributed by atoms with E-state index in [1.54, 1.807) is 18.4 Å². The first-order valence-electron chi connectivity index (χ1n) is 8.19. The number of guanidine groups is 1. The molecule has 25 heavy (non-hydrogen) atoms. The Morgan fingerprint density at radius 1 is 1.28 bits per heavy atom. The molecule has 0 unspecified atom stereocenters. The maximum absolute atomic E-state index is 12.8. The average molecular weight is 371 g/mol. The fraction of sp³-hybridized carbons (Fsp3) is 0.389. The molecule has 2 N–H and O–H groups in total. The molecular formula is C18H18N4OS2. The third kappa shape index (κ3) is 2.57. The number of hydrogen-bond acceptors (Lipinski definition) is 5. The van der Waals surface area contributed by atoms with Crippen LogP contribution in [0.25, 0.3) is 9.75 Å². The van der Waals surface area contributed by atoms with E-state index in [0.29, 0.717) is 10.8 Å². The molecule has 0 radical (unpaired) electrons. The molecule has 2 aromatic rings. The molecule has 1 aliphatic carbocycles. The first-order chi connectivity index (χ1) is 11.9. The summed E-state index contributed by atoms with van der Waals surface area (Å²) >= 11 is 3.12. The van der Waals surface area contributed by atoms with Gasteiger partial charge in [-0.1, -0.05) is 0 Å². The van der Waals surface area contributed by atoms with Crippen LogP contribution in [0.2, 0.25) is 0 Å². The molecule has 5 nitrogen and oxygen atoms in total. The summed E-state index contributed by atoms with van der Waals surface area (Å²) in [5.41, 5.74) is -0.555. The Morgan fingerprint density at radius 2 is 1.96 bits per heavy atom. The normalized spacial score (nSPS) is 26.4. The minimum absolute atomic E-state index is 0.0339. The maximum atomic E-state index is 12.8. The molecule has 2 aliphatic rings. The minimum atomic E-state index is -0.555. The van der Waals surface area contributed by atoms with Gasteiger partial charge in [0.2, 0.25) is 5.91 Å². The lowest BCUT2D eigenvalue weighted by molar-refractivity contribution is -0.136. The summed E-state index contributed by atoms with van der Waals surface area (Å²) in [6, 6.07) is 10.1. The topological polar surface area (TPSA) is 80.0 Å². The number of hydrogen-bond donors (Lipinski definition) is 2. The summed E-state index contributed by atoms with van der Waals surface area (Å²) in [4.78, 5) is 18.2. The Kier molecular flexibility index (Phi) is 3.71. The smallest absolute Gasteiger partial charge is 0.235 e. The number of nitrogens with zero attached hydrogens (tertiary/aromatic N) is 2. The average Bonchev–Trinajstić information content (AvgIpc) is 3.11. The first kappa shape index (κ1) is 16.3. The number of nitriles is 1. The molecule has 2 aromatic heterocycles. The Balaban J connectivity index is 1.73. The van der Waals surface area contributed by atoms with Crippen LogP contribution in [-0.4, -0.2) is 23.8 Å². The van der Waals surface area contributed by atoms with Gasteiger partial charge in [0.15, 0.2) is 5.96 Å². The van der Waals surface area contributed by atoms with E-state index in [-0.39, 0.29) is 17.8 Å². The van der Waals surface area contributed by atoms with Gasteiger partial charge < -0.3 is 5.32 Å². The van der Waals surface area contributed by atoms with Crippen LogP contribution in [0.15, 0.2) is 24.3 Å². The van der Waals surface area contributed by atoms with Gasteiger partial charge in [0.1, 0.15) is 10.9 Å². The molecule has 1 amide bonds. The molecule has 7 heteroatoms. The van der Waals surface area contributed by atoms with Crippen molar-refractivity contribution in [3.05, 3.63) is 34.0 Å². The molecule has 128 valence electrons. The van der Waals surface area contributed by atoms with Crippen LogP contribution in [-0.2, 0) is 10.3 Å². The highest BCUT2D eigenvalue weighted by Crippen LogP contribution is 2.50. The highest BCUT2D eigenvalue weighted by Gasteiger charge is 2.54. The van der Waals surface area contributed by atoms with E-state index in [0.717, 1.165) is 27.5 Å². The summed E-state index contributed by atoms with van der Waals surface area (Å²) in [5, 5.41) is 20.5. The van der Waals surface area contributed by atoms with Crippen LogP contribution < -0.4 is 5.32 Å². The molecule has 4 rings (SSSR count). The Bertz CT molecular complexity index is 904. The molecule has 2 atom stereocenters. The van der Waals surface area contributed by atoms with Gasteiger partial charge in [0.25, 0.3) is 0 Å². The predicted octanol–water partition coefficient (Wildman–Crippen LogP) is 3.59. The Labute approximate surface area is 154 Å². The number of nitrogens with one attached hydrogen (secondary N) is 2. The van der Waals surface area contributed by atoms with Crippen LogP contribution in [0.5, 0.6) is 0 Å². The van der Waals surface area contributed by atoms with Gasteiger partial charge in [-0.15, -0.1) is 22.7 Å². The van der Waals surface area contributed by atoms with Crippen molar-refractivity contribution in [2.24, 2.45) is 11.8 Å². The summed E-state index contributed by atoms with van der Waals surface area (Å²) in [5.74, 6) is 0.433. The zero-order valence-corrected chi connectivity index (χ0v) is 15.6. The van der Waals surface area contributed by atoms with Crippen molar-refractivity contribution < 1.29 is 4.79 Å². The van der Waals surface area contributed by atoms with E-state index in [2.05, 4.69) is 23.5 Å². The molecule has 3 heterocycles. The van der Waals surface area contributed by atoms with Crippen LogP contribution >= 0.6 is 22.7 Å². The van der Waals surface area contributed by atoms with Crippen LogP contribution in [0.1, 0.15) is 29.5 Å². The number of rotatable bonds is 3. The van der Waals surface area contributed by atoms with Gasteiger partial charge >= 0.3 is 0 Å². The number of carbonyl (C=O) groups excluding carboxylic acids is 1. The lowest BCUT2D eigenvalue weighted by atomic mass is 9.78. The summed E-state index contributed by atoms with van der Waals surface area (Å²) in [6.07, 6.45) is 2.15. The molecule has 2 fully saturated rings. The second-order valence-corrected chi connectivity index (χ2v) is 9.00. The number of thiophene rings is 2. The van der Waals surface area contributed by atoms with Crippen molar-refractivity contribution in [2.45, 2.75) is 25.3 Å². The van der Waals surface area contributed by atoms with E-state index < -0.39 is 5.54 Å². The van der Waals surface area contributed by atoms with Gasteiger partial charge in [-0.3, -0.25) is 15.1 Å². The third-order valence-electron chi connectivity index (χ3n) is 5.10. The molecule has 1 saturated heterocycles. The van der Waals surface area contributed by atoms with Crippen molar-refractivity contribution in [1.82, 2.24) is 10.2 Å². The fourth-order valence-electron chi connectivity index (χ4n) is 3.57. The number of carbonyl (C=O) groups is 1. The van der Waals surface area contributed by atoms with Crippen LogP contribution in [0, 0.1) is 28.6 Å². The van der Waals surface area contributed by atoms with E-state index in [1.165, 1.54) is 16.2 Å². The maximum Gasteiger partial charge on any atom is 0.235 e. The first-order valence-corrected chi connectivity index (χ1v) is 9.82. The van der Waals surface area contributed by atoms with Crippen LogP contribution in [0.3, 0.4) is 0 Å². The highest BCUT2D eigenvalue weighted by atomic mass is 32.1. The highest BCUT2D eigenvalue weighted by molar-refractivity contribution is 7.22. The molecule has 1 saturated carbocycles. The number of amides is 1. The van der Waals surface area contributed by atoms with Crippen LogP contribution in [0.4, 0.5) is 0 Å². The van der Waals surface area contributed by atoms with Crippen molar-refractivity contribution in [3.63, 3.8) is 0 Å². The van der Waals surface area contributed by atoms with Crippen molar-refractivity contribution >= 4 is 34.5 Å². The Hall–Kier alpha value is -2.17. The zero-order valence-electron chi connectivity index (χ0n) is 14.0. The second-order valence-electron chi connectivity index (χ2n) is 6.83. The lowest BCUT2D eigenvalue weighted by Gasteiger charge is -2.45. The van der Waals surface area contributed by atoms with Crippen molar-refractivity contribution in [3.8, 4) is 15.8 Å². The monoisotopic (exact) mass is 370 g/mol. The van der Waals surface area contributed by atoms with Gasteiger partial charge in [-0.05, 0) is 49.9 Å². The standard InChI is InChI=1S/C18H18N4OS2/c1-18(15(10-3-4-10)16(23)22(2)17(20)21-18)14-8-7-13(25-14)12-6-5-11(9-19)24-12/h5-8,10,15H,3-4H2,1-2H3,(H2,20,21)/t15-,18+/m0/s1. The molecule has 0 bridgehead atoms. The van der Waals surface area contributed by atoms with Gasteiger partial charge in [0.05, 0.1) is 11.5 Å². The molecular weight excluding hydrogens is 352 g/mol. The minimum Gasteiger partial charge on any atom is -0.345 e. The van der Waals surface area contributed by atoms with Crippen molar-refractivity contribution in [2.75, 3.05) is 7.05 Å². The molecule has 0 aromatic carbocycles. The van der Waals surface area contributed by atoms with Gasteiger partial charge in [-0.2, -0.15) is 5.26 Å². The zero-order chi connectivity index (χ0) is 17.8. The second kappa shape index (κ2) is 5.68.